The molecule has 1 rings (SSSR count). The minimum atomic E-state index is -0.0191. The van der Waals surface area contributed by atoms with E-state index < -0.39 is 0 Å². The monoisotopic (exact) mass is 130 g/mol. The van der Waals surface area contributed by atoms with Crippen LogP contribution in [0.5, 0.6) is 0 Å². The van der Waals surface area contributed by atoms with Crippen molar-refractivity contribution in [3.05, 3.63) is 22.9 Å². The van der Waals surface area contributed by atoms with E-state index in [0.717, 1.165) is 4.91 Å². The van der Waals surface area contributed by atoms with Crippen LogP contribution in [-0.2, 0) is 0 Å². The van der Waals surface area contributed by atoms with Gasteiger partial charge >= 0.3 is 0 Å². The van der Waals surface area contributed by atoms with Crippen molar-refractivity contribution >= 4 is 11.8 Å². The summed E-state index contributed by atoms with van der Waals surface area (Å²) in [7, 11) is 0. The summed E-state index contributed by atoms with van der Waals surface area (Å²) in [6, 6.07) is 0. The number of hydrogen-bond acceptors (Lipinski definition) is 1. The van der Waals surface area contributed by atoms with Crippen LogP contribution in [-0.4, -0.2) is 6.26 Å². The molecule has 0 nitrogen and oxygen atoms in total. The Hall–Kier alpha value is -0.240. The first-order valence-electron chi connectivity index (χ1n) is 2.43. The van der Waals surface area contributed by atoms with Crippen molar-refractivity contribution in [2.75, 3.05) is 6.26 Å². The number of hydrogen-bond donors (Lipinski definition) is 0. The molecule has 8 heavy (non-hydrogen) atoms. The Morgan fingerprint density at radius 2 is 2.50 bits per heavy atom. The quantitative estimate of drug-likeness (QED) is 0.525. The van der Waals surface area contributed by atoms with Crippen molar-refractivity contribution < 1.29 is 4.39 Å². The van der Waals surface area contributed by atoms with Crippen LogP contribution < -0.4 is 0 Å². The van der Waals surface area contributed by atoms with Crippen molar-refractivity contribution in [3.63, 3.8) is 0 Å². The number of allylic oxidation sites excluding steroid dienone is 3. The zero-order valence-electron chi connectivity index (χ0n) is 4.65. The highest BCUT2D eigenvalue weighted by molar-refractivity contribution is 8.02. The van der Waals surface area contributed by atoms with Gasteiger partial charge in [0, 0.05) is 11.3 Å². The van der Waals surface area contributed by atoms with Crippen molar-refractivity contribution in [1.82, 2.24) is 0 Å². The lowest BCUT2D eigenvalue weighted by Crippen LogP contribution is -1.57. The third-order valence-electron chi connectivity index (χ3n) is 1.03. The van der Waals surface area contributed by atoms with Gasteiger partial charge in [-0.25, -0.2) is 4.39 Å². The van der Waals surface area contributed by atoms with E-state index >= 15 is 0 Å². The van der Waals surface area contributed by atoms with Crippen LogP contribution in [0.1, 0.15) is 6.42 Å². The first kappa shape index (κ1) is 5.89. The molecule has 0 bridgehead atoms. The molecule has 0 N–H and O–H groups in total. The fourth-order valence-corrected chi connectivity index (χ4v) is 1.11. The Bertz CT molecular complexity index is 147. The molecule has 0 amide bonds. The molecule has 0 heterocycles. The van der Waals surface area contributed by atoms with E-state index in [2.05, 4.69) is 0 Å². The molecular formula is C6H7FS. The molecule has 0 saturated heterocycles. The second-order valence-electron chi connectivity index (χ2n) is 1.61. The minimum absolute atomic E-state index is 0.0191. The second kappa shape index (κ2) is 2.35. The molecule has 44 valence electrons. The van der Waals surface area contributed by atoms with E-state index in [0.29, 0.717) is 6.42 Å². The molecule has 0 atom stereocenters. The molecule has 0 aliphatic heterocycles. The minimum Gasteiger partial charge on any atom is -0.211 e. The fourth-order valence-electron chi connectivity index (χ4n) is 0.613. The fraction of sp³-hybridized carbons (Fsp3) is 0.333. The van der Waals surface area contributed by atoms with Crippen LogP contribution in [0.15, 0.2) is 22.9 Å². The summed E-state index contributed by atoms with van der Waals surface area (Å²) >= 11 is 1.58. The van der Waals surface area contributed by atoms with E-state index in [4.69, 9.17) is 0 Å². The summed E-state index contributed by atoms with van der Waals surface area (Å²) < 4.78 is 12.2. The SMILES string of the molecule is CSC1=CCC(F)=C1. The van der Waals surface area contributed by atoms with E-state index in [1.807, 2.05) is 12.3 Å². The standard InChI is InChI=1S/C6H7FS/c1-8-6-3-2-5(7)4-6/h3-4H,2H2,1H3. The normalized spacial score (nSPS) is 18.2. The van der Waals surface area contributed by atoms with Crippen molar-refractivity contribution in [2.45, 2.75) is 6.42 Å². The maximum atomic E-state index is 12.2. The van der Waals surface area contributed by atoms with E-state index in [9.17, 15) is 4.39 Å². The molecule has 0 radical (unpaired) electrons. The van der Waals surface area contributed by atoms with E-state index in [-0.39, 0.29) is 5.83 Å². The van der Waals surface area contributed by atoms with Crippen LogP contribution in [0.4, 0.5) is 4.39 Å². The van der Waals surface area contributed by atoms with Crippen molar-refractivity contribution in [1.29, 1.82) is 0 Å². The van der Waals surface area contributed by atoms with Crippen molar-refractivity contribution in [3.8, 4) is 0 Å². The van der Waals surface area contributed by atoms with Gasteiger partial charge < -0.3 is 0 Å². The molecule has 1 aliphatic rings. The highest BCUT2D eigenvalue weighted by Crippen LogP contribution is 2.24. The molecular weight excluding hydrogens is 123 g/mol. The van der Waals surface area contributed by atoms with Crippen LogP contribution in [0.3, 0.4) is 0 Å². The van der Waals surface area contributed by atoms with E-state index in [1.54, 1.807) is 17.8 Å². The molecule has 0 unspecified atom stereocenters. The molecule has 0 spiro atoms. The van der Waals surface area contributed by atoms with Gasteiger partial charge in [0.15, 0.2) is 0 Å². The van der Waals surface area contributed by atoms with Crippen LogP contribution in [0.25, 0.3) is 0 Å². The van der Waals surface area contributed by atoms with Gasteiger partial charge in [0.2, 0.25) is 0 Å². The van der Waals surface area contributed by atoms with Gasteiger partial charge in [-0.2, -0.15) is 0 Å². The highest BCUT2D eigenvalue weighted by Gasteiger charge is 2.02. The lowest BCUT2D eigenvalue weighted by molar-refractivity contribution is 0.624. The molecule has 0 aromatic heterocycles. The van der Waals surface area contributed by atoms with Gasteiger partial charge in [-0.3, -0.25) is 0 Å². The molecule has 0 aromatic carbocycles. The summed E-state index contributed by atoms with van der Waals surface area (Å²) in [5, 5.41) is 0. The highest BCUT2D eigenvalue weighted by atomic mass is 32.2. The lowest BCUT2D eigenvalue weighted by atomic mass is 10.5. The van der Waals surface area contributed by atoms with Gasteiger partial charge in [0.05, 0.1) is 0 Å². The van der Waals surface area contributed by atoms with Gasteiger partial charge in [0.25, 0.3) is 0 Å². The summed E-state index contributed by atoms with van der Waals surface area (Å²) in [5.41, 5.74) is 0. The maximum absolute atomic E-state index is 12.2. The maximum Gasteiger partial charge on any atom is 0.105 e. The third-order valence-corrected chi connectivity index (χ3v) is 1.79. The second-order valence-corrected chi connectivity index (χ2v) is 2.49. The topological polar surface area (TPSA) is 0 Å². The van der Waals surface area contributed by atoms with Gasteiger partial charge in [0.1, 0.15) is 5.83 Å². The average molecular weight is 130 g/mol. The molecule has 0 saturated carbocycles. The molecule has 1 aliphatic carbocycles. The Labute approximate surface area is 52.5 Å². The Kier molecular flexibility index (Phi) is 1.73. The predicted octanol–water partition coefficient (Wildman–Crippen LogP) is 2.49. The van der Waals surface area contributed by atoms with Crippen LogP contribution in [0.2, 0.25) is 0 Å². The number of halogens is 1. The Balaban J connectivity index is 2.58. The van der Waals surface area contributed by atoms with Crippen LogP contribution in [0, 0.1) is 0 Å². The summed E-state index contributed by atoms with van der Waals surface area (Å²) in [5.74, 6) is -0.0191. The first-order chi connectivity index (χ1) is 3.83. The largest absolute Gasteiger partial charge is 0.211 e. The van der Waals surface area contributed by atoms with Gasteiger partial charge in [-0.1, -0.05) is 6.08 Å². The zero-order chi connectivity index (χ0) is 5.98. The van der Waals surface area contributed by atoms with E-state index in [1.165, 1.54) is 0 Å². The molecule has 2 heteroatoms. The molecule has 0 fully saturated rings. The zero-order valence-corrected chi connectivity index (χ0v) is 5.46. The number of rotatable bonds is 1. The lowest BCUT2D eigenvalue weighted by Gasteiger charge is -1.84. The first-order valence-corrected chi connectivity index (χ1v) is 3.65. The van der Waals surface area contributed by atoms with Gasteiger partial charge in [-0.15, -0.1) is 11.8 Å². The summed E-state index contributed by atoms with van der Waals surface area (Å²) in [6.07, 6.45) is 5.90. The predicted molar refractivity (Wildman–Crippen MR) is 35.4 cm³/mol. The van der Waals surface area contributed by atoms with Crippen LogP contribution >= 0.6 is 11.8 Å². The Morgan fingerprint density at radius 1 is 1.75 bits per heavy atom. The average Bonchev–Trinajstić information content (AvgIpc) is 2.14. The summed E-state index contributed by atoms with van der Waals surface area (Å²) in [6.45, 7) is 0. The Morgan fingerprint density at radius 3 is 2.75 bits per heavy atom. The summed E-state index contributed by atoms with van der Waals surface area (Å²) in [4.78, 5) is 1.04. The molecule has 0 aromatic rings. The number of thioether (sulfide) groups is 1. The van der Waals surface area contributed by atoms with Crippen molar-refractivity contribution in [2.24, 2.45) is 0 Å². The van der Waals surface area contributed by atoms with Gasteiger partial charge in [-0.05, 0) is 12.3 Å². The third kappa shape index (κ3) is 1.13. The smallest absolute Gasteiger partial charge is 0.105 e.